The quantitative estimate of drug-likeness (QED) is 0.389. The van der Waals surface area contributed by atoms with E-state index in [1.807, 2.05) is 0 Å². The summed E-state index contributed by atoms with van der Waals surface area (Å²) in [6.07, 6.45) is -1.65. The number of nitrogens with zero attached hydrogens (tertiary/aromatic N) is 4. The molecule has 0 amide bonds. The largest absolute Gasteiger partial charge is 0.467 e. The summed E-state index contributed by atoms with van der Waals surface area (Å²) in [5, 5.41) is 32.9. The summed E-state index contributed by atoms with van der Waals surface area (Å²) in [6, 6.07) is 3.55. The molecule has 1 aliphatic rings. The number of nitrogens with two attached hydrogens (primary N) is 1. The normalized spacial score (nSPS) is 25.8. The van der Waals surface area contributed by atoms with Crippen LogP contribution in [0.25, 0.3) is 11.2 Å². The van der Waals surface area contributed by atoms with Gasteiger partial charge in [0.15, 0.2) is 23.2 Å². The first kappa shape index (κ1) is 16.7. The first-order chi connectivity index (χ1) is 12.6. The number of nitrogens with one attached hydrogen (secondary N) is 1. The van der Waals surface area contributed by atoms with Crippen molar-refractivity contribution < 1.29 is 24.5 Å². The number of anilines is 2. The molecule has 1 fully saturated rings. The molecule has 0 unspecified atom stereocenters. The summed E-state index contributed by atoms with van der Waals surface area (Å²) in [5.41, 5.74) is 6.53. The van der Waals surface area contributed by atoms with Crippen molar-refractivity contribution in [2.45, 2.75) is 31.1 Å². The smallest absolute Gasteiger partial charge is 0.207 e. The number of aromatic nitrogens is 4. The van der Waals surface area contributed by atoms with E-state index < -0.39 is 31.1 Å². The van der Waals surface area contributed by atoms with Crippen molar-refractivity contribution in [3.63, 3.8) is 0 Å². The van der Waals surface area contributed by atoms with Gasteiger partial charge >= 0.3 is 0 Å². The highest BCUT2D eigenvalue weighted by Crippen LogP contribution is 2.35. The van der Waals surface area contributed by atoms with Crippen molar-refractivity contribution in [3.05, 3.63) is 30.5 Å². The van der Waals surface area contributed by atoms with E-state index >= 15 is 0 Å². The van der Waals surface area contributed by atoms with Gasteiger partial charge in [0.05, 0.1) is 19.4 Å². The Labute approximate surface area is 147 Å². The fourth-order valence-electron chi connectivity index (χ4n) is 2.96. The number of fused-ring (bicyclic) bond motifs is 1. The fraction of sp³-hybridized carbons (Fsp3) is 0.400. The predicted octanol–water partition coefficient (Wildman–Crippen LogP) is -0.775. The van der Waals surface area contributed by atoms with Crippen LogP contribution in [0, 0.1) is 0 Å². The number of hydrogen-bond acceptors (Lipinski definition) is 10. The lowest BCUT2D eigenvalue weighted by Crippen LogP contribution is -2.33. The van der Waals surface area contributed by atoms with Crippen LogP contribution < -0.4 is 11.1 Å². The van der Waals surface area contributed by atoms with Crippen molar-refractivity contribution in [1.29, 1.82) is 0 Å². The van der Waals surface area contributed by atoms with Crippen molar-refractivity contribution in [3.8, 4) is 0 Å². The van der Waals surface area contributed by atoms with E-state index in [1.165, 1.54) is 10.9 Å². The highest BCUT2D eigenvalue weighted by Gasteiger charge is 2.45. The Morgan fingerprint density at radius 1 is 1.27 bits per heavy atom. The second-order valence-corrected chi connectivity index (χ2v) is 5.90. The van der Waals surface area contributed by atoms with Crippen LogP contribution in [0.15, 0.2) is 29.1 Å². The van der Waals surface area contributed by atoms with E-state index in [4.69, 9.17) is 14.9 Å². The van der Waals surface area contributed by atoms with E-state index in [-0.39, 0.29) is 5.82 Å². The van der Waals surface area contributed by atoms with Crippen molar-refractivity contribution in [1.82, 2.24) is 19.5 Å². The van der Waals surface area contributed by atoms with Crippen LogP contribution in [0.5, 0.6) is 0 Å². The number of aliphatic hydroxyl groups is 3. The van der Waals surface area contributed by atoms with Crippen LogP contribution in [0.4, 0.5) is 11.8 Å². The van der Waals surface area contributed by atoms with Gasteiger partial charge < -0.3 is 35.5 Å². The maximum Gasteiger partial charge on any atom is 0.207 e. The average Bonchev–Trinajstić information content (AvgIpc) is 3.34. The summed E-state index contributed by atoms with van der Waals surface area (Å²) in [4.78, 5) is 12.5. The molecule has 26 heavy (non-hydrogen) atoms. The molecule has 0 aromatic carbocycles. The highest BCUT2D eigenvalue weighted by molar-refractivity contribution is 5.84. The third-order valence-corrected chi connectivity index (χ3v) is 4.28. The van der Waals surface area contributed by atoms with Gasteiger partial charge in [0.25, 0.3) is 0 Å². The molecular formula is C15H18N6O5. The van der Waals surface area contributed by atoms with Gasteiger partial charge in [0.1, 0.15) is 30.4 Å². The molecule has 4 atom stereocenters. The first-order valence-corrected chi connectivity index (χ1v) is 7.97. The summed E-state index contributed by atoms with van der Waals surface area (Å²) in [5.74, 6) is 1.14. The van der Waals surface area contributed by atoms with Crippen LogP contribution in [0.3, 0.4) is 0 Å². The van der Waals surface area contributed by atoms with Crippen LogP contribution in [0.2, 0.25) is 0 Å². The van der Waals surface area contributed by atoms with Crippen LogP contribution in [-0.2, 0) is 11.3 Å². The maximum atomic E-state index is 10.4. The lowest BCUT2D eigenvalue weighted by Gasteiger charge is -2.19. The van der Waals surface area contributed by atoms with Crippen LogP contribution in [0.1, 0.15) is 12.0 Å². The Hall–Kier alpha value is -2.73. The zero-order chi connectivity index (χ0) is 18.3. The molecule has 0 aliphatic carbocycles. The Balaban J connectivity index is 1.76. The third kappa shape index (κ3) is 2.66. The first-order valence-electron chi connectivity index (χ1n) is 7.97. The molecule has 11 heteroatoms. The van der Waals surface area contributed by atoms with E-state index in [2.05, 4.69) is 20.3 Å². The van der Waals surface area contributed by atoms with Gasteiger partial charge in [-0.25, -0.2) is 15.0 Å². The minimum absolute atomic E-state index is 0.168. The summed E-state index contributed by atoms with van der Waals surface area (Å²) >= 11 is 0. The van der Waals surface area contributed by atoms with Gasteiger partial charge in [-0.2, -0.15) is 0 Å². The van der Waals surface area contributed by atoms with Crippen LogP contribution >= 0.6 is 0 Å². The summed E-state index contributed by atoms with van der Waals surface area (Å²) in [6.45, 7) is -0.119. The van der Waals surface area contributed by atoms with Gasteiger partial charge in [-0.3, -0.25) is 4.57 Å². The van der Waals surface area contributed by atoms with Gasteiger partial charge in [0, 0.05) is 0 Å². The Morgan fingerprint density at radius 2 is 2.12 bits per heavy atom. The number of furan rings is 1. The van der Waals surface area contributed by atoms with E-state index in [0.717, 1.165) is 0 Å². The summed E-state index contributed by atoms with van der Waals surface area (Å²) < 4.78 is 12.4. The number of rotatable bonds is 5. The number of nitrogen functional groups attached to an aromatic ring is 1. The molecule has 1 saturated heterocycles. The topological polar surface area (TPSA) is 165 Å². The molecule has 0 radical (unpaired) electrons. The standard InChI is InChI=1S/C15H18N6O5/c16-12-9-13(19-6-18-12)21(14-11(24)10(23)8(5-22)26-14)15(20-9)17-4-7-2-1-3-25-7/h1-3,6,8,10-11,14,22-24H,4-5H2,(H,17,20)(H2,16,18,19)/t8-,10+,11+,14-/m1/s1. The van der Waals surface area contributed by atoms with Gasteiger partial charge in [-0.1, -0.05) is 0 Å². The molecule has 6 N–H and O–H groups in total. The molecule has 11 nitrogen and oxygen atoms in total. The lowest BCUT2D eigenvalue weighted by molar-refractivity contribution is -0.0501. The van der Waals surface area contributed by atoms with E-state index in [9.17, 15) is 15.3 Å². The van der Waals surface area contributed by atoms with Crippen LogP contribution in [-0.4, -0.2) is 59.8 Å². The monoisotopic (exact) mass is 362 g/mol. The second-order valence-electron chi connectivity index (χ2n) is 5.90. The highest BCUT2D eigenvalue weighted by atomic mass is 16.6. The SMILES string of the molecule is Nc1ncnc2c1nc(NCc1ccco1)n2[C@@H]1O[C@H](CO)[C@H](O)[C@@H]1O. The van der Waals surface area contributed by atoms with Gasteiger partial charge in [-0.15, -0.1) is 0 Å². The molecule has 3 aromatic rings. The molecule has 138 valence electrons. The Morgan fingerprint density at radius 3 is 2.81 bits per heavy atom. The predicted molar refractivity (Wildman–Crippen MR) is 88.8 cm³/mol. The average molecular weight is 362 g/mol. The molecule has 4 heterocycles. The molecular weight excluding hydrogens is 344 g/mol. The summed E-state index contributed by atoms with van der Waals surface area (Å²) in [7, 11) is 0. The number of hydrogen-bond donors (Lipinski definition) is 5. The molecule has 0 bridgehead atoms. The minimum Gasteiger partial charge on any atom is -0.467 e. The van der Waals surface area contributed by atoms with Crippen molar-refractivity contribution in [2.75, 3.05) is 17.7 Å². The van der Waals surface area contributed by atoms with Gasteiger partial charge in [0.2, 0.25) is 5.95 Å². The maximum absolute atomic E-state index is 10.4. The molecule has 1 aliphatic heterocycles. The number of aliphatic hydroxyl groups excluding tert-OH is 3. The second kappa shape index (κ2) is 6.53. The fourth-order valence-corrected chi connectivity index (χ4v) is 2.96. The number of ether oxygens (including phenoxy) is 1. The minimum atomic E-state index is -1.29. The van der Waals surface area contributed by atoms with Gasteiger partial charge in [-0.05, 0) is 12.1 Å². The number of imidazole rings is 1. The molecule has 4 rings (SSSR count). The van der Waals surface area contributed by atoms with Crippen molar-refractivity contribution >= 4 is 22.9 Å². The lowest BCUT2D eigenvalue weighted by atomic mass is 10.1. The Bertz CT molecular complexity index is 897. The Kier molecular flexibility index (Phi) is 4.20. The molecule has 0 saturated carbocycles. The zero-order valence-electron chi connectivity index (χ0n) is 13.6. The van der Waals surface area contributed by atoms with Crippen molar-refractivity contribution in [2.24, 2.45) is 0 Å². The zero-order valence-corrected chi connectivity index (χ0v) is 13.6. The molecule has 3 aromatic heterocycles. The van der Waals surface area contributed by atoms with E-state index in [1.54, 1.807) is 18.4 Å². The third-order valence-electron chi connectivity index (χ3n) is 4.28. The molecule has 0 spiro atoms. The van der Waals surface area contributed by atoms with E-state index in [0.29, 0.717) is 29.4 Å².